The van der Waals surface area contributed by atoms with E-state index >= 15 is 0 Å². The van der Waals surface area contributed by atoms with Crippen LogP contribution < -0.4 is 5.73 Å². The third kappa shape index (κ3) is 2.92. The van der Waals surface area contributed by atoms with Crippen molar-refractivity contribution in [3.05, 3.63) is 53.1 Å². The molecule has 4 heteroatoms. The first-order valence-corrected chi connectivity index (χ1v) is 6.51. The minimum Gasteiger partial charge on any atom is -0.338 e. The average molecular weight is 264 g/mol. The molecule has 96 valence electrons. The predicted octanol–water partition coefficient (Wildman–Crippen LogP) is 2.75. The number of hydrogen-bond acceptors (Lipinski definition) is 2. The van der Waals surface area contributed by atoms with Crippen LogP contribution in [0.25, 0.3) is 0 Å². The number of hydrogen-bond donors (Lipinski definition) is 1. The number of halogens is 1. The Hall–Kier alpha value is -1.32. The summed E-state index contributed by atoms with van der Waals surface area (Å²) in [5.74, 6) is 1.37. The van der Waals surface area contributed by atoms with Crippen LogP contribution >= 0.6 is 11.6 Å². The summed E-state index contributed by atoms with van der Waals surface area (Å²) in [7, 11) is 2.01. The van der Waals surface area contributed by atoms with E-state index in [2.05, 4.69) is 11.1 Å². The zero-order chi connectivity index (χ0) is 13.0. The second-order valence-corrected chi connectivity index (χ2v) is 4.85. The second kappa shape index (κ2) is 6.03. The summed E-state index contributed by atoms with van der Waals surface area (Å²) >= 11 is 6.21. The van der Waals surface area contributed by atoms with Crippen molar-refractivity contribution in [3.63, 3.8) is 0 Å². The molecule has 1 atom stereocenters. The smallest absolute Gasteiger partial charge is 0.108 e. The summed E-state index contributed by atoms with van der Waals surface area (Å²) < 4.78 is 2.04. The SMILES string of the molecule is Cn1ccnc1CCC(CN)c1ccccc1Cl. The van der Waals surface area contributed by atoms with Gasteiger partial charge in [-0.05, 0) is 30.5 Å². The molecule has 0 bridgehead atoms. The topological polar surface area (TPSA) is 43.8 Å². The van der Waals surface area contributed by atoms with Gasteiger partial charge in [-0.2, -0.15) is 0 Å². The van der Waals surface area contributed by atoms with Gasteiger partial charge >= 0.3 is 0 Å². The lowest BCUT2D eigenvalue weighted by Gasteiger charge is -2.16. The Morgan fingerprint density at radius 3 is 2.78 bits per heavy atom. The van der Waals surface area contributed by atoms with Crippen LogP contribution in [0.3, 0.4) is 0 Å². The molecule has 1 heterocycles. The standard InChI is InChI=1S/C14H18ClN3/c1-18-9-8-17-14(18)7-6-11(10-16)12-4-2-3-5-13(12)15/h2-5,8-9,11H,6-7,10,16H2,1H3. The van der Waals surface area contributed by atoms with Gasteiger partial charge in [0.25, 0.3) is 0 Å². The molecule has 0 amide bonds. The van der Waals surface area contributed by atoms with Crippen molar-refractivity contribution >= 4 is 11.6 Å². The van der Waals surface area contributed by atoms with Crippen LogP contribution in [0.5, 0.6) is 0 Å². The quantitative estimate of drug-likeness (QED) is 0.902. The van der Waals surface area contributed by atoms with E-state index in [1.165, 1.54) is 0 Å². The minimum absolute atomic E-state index is 0.287. The molecule has 1 aromatic heterocycles. The number of benzene rings is 1. The molecular formula is C14H18ClN3. The molecule has 0 fully saturated rings. The zero-order valence-corrected chi connectivity index (χ0v) is 11.3. The van der Waals surface area contributed by atoms with Gasteiger partial charge in [0.15, 0.2) is 0 Å². The molecule has 18 heavy (non-hydrogen) atoms. The molecule has 1 unspecified atom stereocenters. The van der Waals surface area contributed by atoms with Gasteiger partial charge in [0.05, 0.1) is 0 Å². The normalized spacial score (nSPS) is 12.6. The van der Waals surface area contributed by atoms with Crippen LogP contribution in [-0.4, -0.2) is 16.1 Å². The fourth-order valence-electron chi connectivity index (χ4n) is 2.15. The Kier molecular flexibility index (Phi) is 4.39. The molecule has 0 aliphatic rings. The van der Waals surface area contributed by atoms with E-state index < -0.39 is 0 Å². The molecule has 0 radical (unpaired) electrons. The molecule has 0 saturated carbocycles. The van der Waals surface area contributed by atoms with Crippen molar-refractivity contribution < 1.29 is 0 Å². The fraction of sp³-hybridized carbons (Fsp3) is 0.357. The van der Waals surface area contributed by atoms with E-state index in [0.717, 1.165) is 29.3 Å². The maximum Gasteiger partial charge on any atom is 0.108 e. The molecule has 0 aliphatic carbocycles. The zero-order valence-electron chi connectivity index (χ0n) is 10.5. The van der Waals surface area contributed by atoms with E-state index in [4.69, 9.17) is 17.3 Å². The predicted molar refractivity (Wildman–Crippen MR) is 74.8 cm³/mol. The maximum atomic E-state index is 6.21. The van der Waals surface area contributed by atoms with Gasteiger partial charge in [-0.1, -0.05) is 29.8 Å². The van der Waals surface area contributed by atoms with Crippen LogP contribution in [0.1, 0.15) is 23.7 Å². The van der Waals surface area contributed by atoms with Crippen molar-refractivity contribution in [2.75, 3.05) is 6.54 Å². The first kappa shape index (κ1) is 13.1. The highest BCUT2D eigenvalue weighted by molar-refractivity contribution is 6.31. The van der Waals surface area contributed by atoms with E-state index in [1.807, 2.05) is 42.2 Å². The van der Waals surface area contributed by atoms with Crippen molar-refractivity contribution in [1.82, 2.24) is 9.55 Å². The minimum atomic E-state index is 0.287. The Morgan fingerprint density at radius 1 is 1.39 bits per heavy atom. The van der Waals surface area contributed by atoms with E-state index in [1.54, 1.807) is 0 Å². The summed E-state index contributed by atoms with van der Waals surface area (Å²) in [6.07, 6.45) is 5.66. The number of aromatic nitrogens is 2. The summed E-state index contributed by atoms with van der Waals surface area (Å²) in [6, 6.07) is 7.92. The summed E-state index contributed by atoms with van der Waals surface area (Å²) in [6.45, 7) is 0.605. The van der Waals surface area contributed by atoms with E-state index in [9.17, 15) is 0 Å². The van der Waals surface area contributed by atoms with Gasteiger partial charge in [0.2, 0.25) is 0 Å². The van der Waals surface area contributed by atoms with Gasteiger partial charge in [-0.3, -0.25) is 0 Å². The highest BCUT2D eigenvalue weighted by Crippen LogP contribution is 2.27. The van der Waals surface area contributed by atoms with Crippen LogP contribution in [-0.2, 0) is 13.5 Å². The number of imidazole rings is 1. The van der Waals surface area contributed by atoms with Gasteiger partial charge in [-0.25, -0.2) is 4.98 Å². The number of nitrogens with zero attached hydrogens (tertiary/aromatic N) is 2. The molecule has 0 aliphatic heterocycles. The molecule has 0 saturated heterocycles. The first-order valence-electron chi connectivity index (χ1n) is 6.13. The Labute approximate surface area is 113 Å². The second-order valence-electron chi connectivity index (χ2n) is 4.45. The molecule has 1 aromatic carbocycles. The summed E-state index contributed by atoms with van der Waals surface area (Å²) in [5.41, 5.74) is 7.00. The fourth-order valence-corrected chi connectivity index (χ4v) is 2.44. The van der Waals surface area contributed by atoms with Crippen LogP contribution in [0.4, 0.5) is 0 Å². The number of nitrogens with two attached hydrogens (primary N) is 1. The number of rotatable bonds is 5. The third-order valence-corrected chi connectivity index (χ3v) is 3.61. The van der Waals surface area contributed by atoms with Crippen molar-refractivity contribution in [3.8, 4) is 0 Å². The maximum absolute atomic E-state index is 6.21. The van der Waals surface area contributed by atoms with Crippen LogP contribution in [0.2, 0.25) is 5.02 Å². The monoisotopic (exact) mass is 263 g/mol. The Balaban J connectivity index is 2.07. The lowest BCUT2D eigenvalue weighted by molar-refractivity contribution is 0.608. The van der Waals surface area contributed by atoms with Crippen molar-refractivity contribution in [2.24, 2.45) is 12.8 Å². The van der Waals surface area contributed by atoms with E-state index in [-0.39, 0.29) is 5.92 Å². The molecule has 2 rings (SSSR count). The lowest BCUT2D eigenvalue weighted by Crippen LogP contribution is -2.14. The van der Waals surface area contributed by atoms with Crippen molar-refractivity contribution in [1.29, 1.82) is 0 Å². The molecule has 2 aromatic rings. The molecule has 2 N–H and O–H groups in total. The lowest BCUT2D eigenvalue weighted by atomic mass is 9.94. The van der Waals surface area contributed by atoms with E-state index in [0.29, 0.717) is 6.54 Å². The Bertz CT molecular complexity index is 507. The van der Waals surface area contributed by atoms with Crippen LogP contribution in [0, 0.1) is 0 Å². The summed E-state index contributed by atoms with van der Waals surface area (Å²) in [4.78, 5) is 4.33. The molecule has 3 nitrogen and oxygen atoms in total. The van der Waals surface area contributed by atoms with Gasteiger partial charge in [-0.15, -0.1) is 0 Å². The average Bonchev–Trinajstić information content (AvgIpc) is 2.78. The van der Waals surface area contributed by atoms with Gasteiger partial charge < -0.3 is 10.3 Å². The highest BCUT2D eigenvalue weighted by Gasteiger charge is 2.13. The highest BCUT2D eigenvalue weighted by atomic mass is 35.5. The van der Waals surface area contributed by atoms with Crippen molar-refractivity contribution in [2.45, 2.75) is 18.8 Å². The van der Waals surface area contributed by atoms with Crippen LogP contribution in [0.15, 0.2) is 36.7 Å². The van der Waals surface area contributed by atoms with Gasteiger partial charge in [0, 0.05) is 30.9 Å². The first-order chi connectivity index (χ1) is 8.72. The summed E-state index contributed by atoms with van der Waals surface area (Å²) in [5, 5.41) is 0.799. The number of aryl methyl sites for hydroxylation is 2. The molecular weight excluding hydrogens is 246 g/mol. The third-order valence-electron chi connectivity index (χ3n) is 3.27. The van der Waals surface area contributed by atoms with Gasteiger partial charge in [0.1, 0.15) is 5.82 Å². The molecule has 0 spiro atoms. The largest absolute Gasteiger partial charge is 0.338 e. The Morgan fingerprint density at radius 2 is 2.17 bits per heavy atom.